The molecule has 0 saturated heterocycles. The van der Waals surface area contributed by atoms with Crippen LogP contribution in [0.25, 0.3) is 0 Å². The molecule has 1 fully saturated rings. The van der Waals surface area contributed by atoms with Crippen LogP contribution in [0.15, 0.2) is 0 Å². The quantitative estimate of drug-likeness (QED) is 0.755. The van der Waals surface area contributed by atoms with E-state index in [1.807, 2.05) is 0 Å². The summed E-state index contributed by atoms with van der Waals surface area (Å²) in [4.78, 5) is 24.4. The van der Waals surface area contributed by atoms with Crippen molar-refractivity contribution in [1.82, 2.24) is 10.2 Å². The molecule has 116 valence electrons. The molecule has 0 aromatic rings. The fraction of sp³-hybridized carbons (Fsp3) is 0.867. The molecular formula is C15H28N2O3. The second-order valence-electron chi connectivity index (χ2n) is 6.01. The highest BCUT2D eigenvalue weighted by molar-refractivity contribution is 5.76. The molecule has 1 aliphatic rings. The number of hydrogen-bond acceptors (Lipinski definition) is 2. The van der Waals surface area contributed by atoms with Crippen LogP contribution >= 0.6 is 0 Å². The van der Waals surface area contributed by atoms with Gasteiger partial charge in [-0.25, -0.2) is 4.79 Å². The molecule has 0 radical (unpaired) electrons. The first-order valence-corrected chi connectivity index (χ1v) is 7.70. The molecule has 0 aliphatic heterocycles. The summed E-state index contributed by atoms with van der Waals surface area (Å²) < 4.78 is 0. The van der Waals surface area contributed by atoms with Crippen LogP contribution in [0.1, 0.15) is 52.4 Å². The first kappa shape index (κ1) is 16.8. The zero-order chi connectivity index (χ0) is 15.1. The Kier molecular flexibility index (Phi) is 6.82. The summed E-state index contributed by atoms with van der Waals surface area (Å²) in [6.07, 6.45) is 6.99. The van der Waals surface area contributed by atoms with Crippen molar-refractivity contribution in [2.45, 2.75) is 58.4 Å². The second-order valence-corrected chi connectivity index (χ2v) is 6.01. The highest BCUT2D eigenvalue weighted by Gasteiger charge is 2.29. The predicted molar refractivity (Wildman–Crippen MR) is 78.6 cm³/mol. The van der Waals surface area contributed by atoms with Crippen LogP contribution in [-0.2, 0) is 4.79 Å². The third kappa shape index (κ3) is 5.02. The van der Waals surface area contributed by atoms with E-state index in [0.29, 0.717) is 5.92 Å². The Bertz CT molecular complexity index is 333. The minimum atomic E-state index is -0.869. The van der Waals surface area contributed by atoms with E-state index in [4.69, 9.17) is 5.11 Å². The first-order chi connectivity index (χ1) is 9.45. The molecule has 5 nitrogen and oxygen atoms in total. The largest absolute Gasteiger partial charge is 0.481 e. The zero-order valence-electron chi connectivity index (χ0n) is 12.9. The minimum absolute atomic E-state index is 0.147. The van der Waals surface area contributed by atoms with Gasteiger partial charge in [0.15, 0.2) is 0 Å². The van der Waals surface area contributed by atoms with E-state index in [2.05, 4.69) is 12.2 Å². The average Bonchev–Trinajstić information content (AvgIpc) is 2.83. The Morgan fingerprint density at radius 1 is 1.40 bits per heavy atom. The van der Waals surface area contributed by atoms with Crippen LogP contribution < -0.4 is 5.32 Å². The lowest BCUT2D eigenvalue weighted by Crippen LogP contribution is -2.46. The zero-order valence-corrected chi connectivity index (χ0v) is 12.9. The molecule has 0 heterocycles. The normalized spacial score (nSPS) is 23.4. The van der Waals surface area contributed by atoms with Crippen molar-refractivity contribution < 1.29 is 14.7 Å². The average molecular weight is 284 g/mol. The number of carbonyl (C=O) groups is 2. The van der Waals surface area contributed by atoms with E-state index in [9.17, 15) is 9.59 Å². The molecule has 1 rings (SSSR count). The lowest BCUT2D eigenvalue weighted by Gasteiger charge is -2.25. The van der Waals surface area contributed by atoms with Crippen LogP contribution in [0.3, 0.4) is 0 Å². The minimum Gasteiger partial charge on any atom is -0.481 e. The van der Waals surface area contributed by atoms with Gasteiger partial charge in [-0.15, -0.1) is 0 Å². The summed E-state index contributed by atoms with van der Waals surface area (Å²) in [6, 6.07) is 0.114. The van der Waals surface area contributed by atoms with Crippen molar-refractivity contribution in [3.8, 4) is 0 Å². The Morgan fingerprint density at radius 2 is 2.10 bits per heavy atom. The Balaban J connectivity index is 2.42. The molecule has 3 unspecified atom stereocenters. The van der Waals surface area contributed by atoms with Crippen LogP contribution in [0, 0.1) is 11.8 Å². The maximum Gasteiger partial charge on any atom is 0.317 e. The summed E-state index contributed by atoms with van der Waals surface area (Å²) in [6.45, 7) is 4.04. The lowest BCUT2D eigenvalue weighted by atomic mass is 9.97. The highest BCUT2D eigenvalue weighted by Crippen LogP contribution is 2.29. The van der Waals surface area contributed by atoms with Crippen molar-refractivity contribution in [3.05, 3.63) is 0 Å². The number of nitrogens with zero attached hydrogens (tertiary/aromatic N) is 1. The molecule has 2 N–H and O–H groups in total. The monoisotopic (exact) mass is 284 g/mol. The molecule has 2 amide bonds. The van der Waals surface area contributed by atoms with Crippen molar-refractivity contribution in [1.29, 1.82) is 0 Å². The van der Waals surface area contributed by atoms with Crippen LogP contribution in [-0.4, -0.2) is 41.6 Å². The highest BCUT2D eigenvalue weighted by atomic mass is 16.4. The summed E-state index contributed by atoms with van der Waals surface area (Å²) in [7, 11) is 1.66. The van der Waals surface area contributed by atoms with Gasteiger partial charge in [-0.05, 0) is 25.2 Å². The molecule has 1 aliphatic carbocycles. The number of carboxylic acids is 1. The molecular weight excluding hydrogens is 256 g/mol. The Labute approximate surface area is 121 Å². The summed E-state index contributed by atoms with van der Waals surface area (Å²) in [5.74, 6) is -0.819. The summed E-state index contributed by atoms with van der Waals surface area (Å²) in [5, 5.41) is 12.0. The molecule has 0 aromatic heterocycles. The maximum atomic E-state index is 12.1. The molecule has 1 saturated carbocycles. The molecule has 0 aromatic carbocycles. The van der Waals surface area contributed by atoms with Gasteiger partial charge >= 0.3 is 12.0 Å². The smallest absolute Gasteiger partial charge is 0.317 e. The van der Waals surface area contributed by atoms with Gasteiger partial charge < -0.3 is 15.3 Å². The molecule has 3 atom stereocenters. The maximum absolute atomic E-state index is 12.1. The number of hydrogen-bond donors (Lipinski definition) is 2. The van der Waals surface area contributed by atoms with Gasteiger partial charge in [0.05, 0.1) is 5.92 Å². The fourth-order valence-electron chi connectivity index (χ4n) is 2.88. The number of urea groups is 1. The molecule has 20 heavy (non-hydrogen) atoms. The van der Waals surface area contributed by atoms with E-state index in [1.165, 1.54) is 37.0 Å². The lowest BCUT2D eigenvalue weighted by molar-refractivity contribution is -0.141. The van der Waals surface area contributed by atoms with E-state index in [1.54, 1.807) is 14.0 Å². The van der Waals surface area contributed by atoms with Crippen molar-refractivity contribution in [3.63, 3.8) is 0 Å². The van der Waals surface area contributed by atoms with Crippen molar-refractivity contribution in [2.24, 2.45) is 11.8 Å². The van der Waals surface area contributed by atoms with Crippen LogP contribution in [0.4, 0.5) is 4.79 Å². The number of unbranched alkanes of at least 4 members (excludes halogenated alkanes) is 1. The number of rotatable bonds is 7. The summed E-state index contributed by atoms with van der Waals surface area (Å²) in [5.41, 5.74) is 0. The Morgan fingerprint density at radius 3 is 2.70 bits per heavy atom. The van der Waals surface area contributed by atoms with E-state index >= 15 is 0 Å². The summed E-state index contributed by atoms with van der Waals surface area (Å²) >= 11 is 0. The first-order valence-electron chi connectivity index (χ1n) is 7.70. The predicted octanol–water partition coefficient (Wildman–Crippen LogP) is 2.71. The fourth-order valence-corrected chi connectivity index (χ4v) is 2.88. The van der Waals surface area contributed by atoms with Gasteiger partial charge in [-0.1, -0.05) is 33.1 Å². The SMILES string of the molecule is CCCCC1CCCC1NC(=O)N(C)CC(C)C(=O)O. The standard InChI is InChI=1S/C15H28N2O3/c1-4-5-7-12-8-6-9-13(12)16-15(20)17(3)10-11(2)14(18)19/h11-13H,4-10H2,1-3H3,(H,16,20)(H,18,19). The number of carbonyl (C=O) groups excluding carboxylic acids is 1. The Hall–Kier alpha value is -1.26. The van der Waals surface area contributed by atoms with Gasteiger partial charge in [-0.2, -0.15) is 0 Å². The van der Waals surface area contributed by atoms with Gasteiger partial charge in [0, 0.05) is 19.6 Å². The number of carboxylic acid groups (broad SMARTS) is 1. The van der Waals surface area contributed by atoms with Gasteiger partial charge in [0.1, 0.15) is 0 Å². The number of nitrogens with one attached hydrogen (secondary N) is 1. The van der Waals surface area contributed by atoms with E-state index in [0.717, 1.165) is 6.42 Å². The molecule has 0 spiro atoms. The number of amides is 2. The van der Waals surface area contributed by atoms with E-state index in [-0.39, 0.29) is 18.6 Å². The van der Waals surface area contributed by atoms with Crippen LogP contribution in [0.5, 0.6) is 0 Å². The van der Waals surface area contributed by atoms with Gasteiger partial charge in [-0.3, -0.25) is 4.79 Å². The van der Waals surface area contributed by atoms with Gasteiger partial charge in [0.2, 0.25) is 0 Å². The molecule has 0 bridgehead atoms. The third-order valence-corrected chi connectivity index (χ3v) is 4.21. The third-order valence-electron chi connectivity index (χ3n) is 4.21. The van der Waals surface area contributed by atoms with Crippen LogP contribution in [0.2, 0.25) is 0 Å². The van der Waals surface area contributed by atoms with Crippen molar-refractivity contribution >= 4 is 12.0 Å². The topological polar surface area (TPSA) is 69.6 Å². The molecule has 5 heteroatoms. The van der Waals surface area contributed by atoms with E-state index < -0.39 is 11.9 Å². The van der Waals surface area contributed by atoms with Crippen molar-refractivity contribution in [2.75, 3.05) is 13.6 Å². The number of aliphatic carboxylic acids is 1. The van der Waals surface area contributed by atoms with Gasteiger partial charge in [0.25, 0.3) is 0 Å². The second kappa shape index (κ2) is 8.12.